The maximum atomic E-state index is 12.7. The highest BCUT2D eigenvalue weighted by atomic mass is 35.5. The van der Waals surface area contributed by atoms with Crippen LogP contribution in [0.2, 0.25) is 10.0 Å². The highest BCUT2D eigenvalue weighted by molar-refractivity contribution is 7.80. The van der Waals surface area contributed by atoms with E-state index in [2.05, 4.69) is 16.0 Å². The number of amides is 2. The predicted octanol–water partition coefficient (Wildman–Crippen LogP) is 5.92. The van der Waals surface area contributed by atoms with Crippen LogP contribution in [0.3, 0.4) is 0 Å². The summed E-state index contributed by atoms with van der Waals surface area (Å²) in [5, 5.41) is 9.38. The molecular formula is C24H21Cl2N3O3S. The van der Waals surface area contributed by atoms with Gasteiger partial charge in [-0.15, -0.1) is 0 Å². The van der Waals surface area contributed by atoms with E-state index in [-0.39, 0.29) is 23.3 Å². The number of hydrogen-bond acceptors (Lipinski definition) is 4. The first kappa shape index (κ1) is 24.5. The van der Waals surface area contributed by atoms with Crippen molar-refractivity contribution in [1.82, 2.24) is 5.32 Å². The molecule has 0 fully saturated rings. The molecule has 0 atom stereocenters. The normalized spacial score (nSPS) is 10.2. The Balaban J connectivity index is 1.47. The van der Waals surface area contributed by atoms with E-state index in [0.29, 0.717) is 45.8 Å². The summed E-state index contributed by atoms with van der Waals surface area (Å²) in [6, 6.07) is 21.0. The number of carbonyl (C=O) groups excluding carboxylic acids is 2. The lowest BCUT2D eigenvalue weighted by Gasteiger charge is -2.14. The lowest BCUT2D eigenvalue weighted by molar-refractivity contribution is -0.119. The van der Waals surface area contributed by atoms with E-state index in [1.807, 2.05) is 18.2 Å². The molecule has 0 radical (unpaired) electrons. The lowest BCUT2D eigenvalue weighted by atomic mass is 10.1. The number of benzene rings is 3. The van der Waals surface area contributed by atoms with Gasteiger partial charge in [-0.25, -0.2) is 0 Å². The predicted molar refractivity (Wildman–Crippen MR) is 136 cm³/mol. The fourth-order valence-corrected chi connectivity index (χ4v) is 3.55. The maximum absolute atomic E-state index is 12.7. The fourth-order valence-electron chi connectivity index (χ4n) is 2.86. The number of carbonyl (C=O) groups is 2. The molecule has 0 aliphatic rings. The first-order valence-corrected chi connectivity index (χ1v) is 11.2. The zero-order valence-electron chi connectivity index (χ0n) is 17.4. The van der Waals surface area contributed by atoms with Crippen LogP contribution in [0.4, 0.5) is 11.4 Å². The second-order valence-corrected chi connectivity index (χ2v) is 8.15. The average Bonchev–Trinajstić information content (AvgIpc) is 2.79. The summed E-state index contributed by atoms with van der Waals surface area (Å²) in [5.74, 6) is -0.0648. The average molecular weight is 502 g/mol. The third-order valence-corrected chi connectivity index (χ3v) is 5.14. The molecule has 0 bridgehead atoms. The zero-order valence-corrected chi connectivity index (χ0v) is 19.8. The number of rotatable bonds is 8. The van der Waals surface area contributed by atoms with Crippen LogP contribution in [0.15, 0.2) is 72.8 Å². The van der Waals surface area contributed by atoms with E-state index in [1.165, 1.54) is 0 Å². The van der Waals surface area contributed by atoms with Gasteiger partial charge in [0.1, 0.15) is 5.75 Å². The van der Waals surface area contributed by atoms with Gasteiger partial charge in [0.25, 0.3) is 5.91 Å². The number of hydrogen-bond donors (Lipinski definition) is 3. The van der Waals surface area contributed by atoms with Gasteiger partial charge in [-0.05, 0) is 61.1 Å². The van der Waals surface area contributed by atoms with Crippen molar-refractivity contribution < 1.29 is 14.3 Å². The molecule has 0 unspecified atom stereocenters. The van der Waals surface area contributed by atoms with Crippen molar-refractivity contribution in [1.29, 1.82) is 0 Å². The van der Waals surface area contributed by atoms with Crippen molar-refractivity contribution >= 4 is 63.7 Å². The summed E-state index contributed by atoms with van der Waals surface area (Å²) in [5.41, 5.74) is 1.55. The molecule has 0 heterocycles. The van der Waals surface area contributed by atoms with Gasteiger partial charge in [0.2, 0.25) is 5.91 Å². The van der Waals surface area contributed by atoms with Crippen molar-refractivity contribution in [3.63, 3.8) is 0 Å². The van der Waals surface area contributed by atoms with Crippen LogP contribution in [-0.4, -0.2) is 23.5 Å². The largest absolute Gasteiger partial charge is 0.492 e. The molecule has 3 rings (SSSR count). The number of ether oxygens (including phenoxy) is 1. The topological polar surface area (TPSA) is 79.5 Å². The van der Waals surface area contributed by atoms with E-state index >= 15 is 0 Å². The molecule has 2 amide bonds. The summed E-state index contributed by atoms with van der Waals surface area (Å²) in [6.45, 7) is 0.303. The Hall–Kier alpha value is -3.13. The second-order valence-electron chi connectivity index (χ2n) is 6.89. The number of thiocarbonyl (C=S) groups is 1. The third-order valence-electron chi connectivity index (χ3n) is 4.40. The van der Waals surface area contributed by atoms with Gasteiger partial charge in [0.05, 0.1) is 22.9 Å². The van der Waals surface area contributed by atoms with E-state index in [0.717, 1.165) is 0 Å². The monoisotopic (exact) mass is 501 g/mol. The van der Waals surface area contributed by atoms with E-state index in [9.17, 15) is 9.59 Å². The second kappa shape index (κ2) is 12.2. The molecule has 3 aromatic carbocycles. The quantitative estimate of drug-likeness (QED) is 0.263. The van der Waals surface area contributed by atoms with Crippen molar-refractivity contribution in [3.8, 4) is 5.75 Å². The maximum Gasteiger partial charge on any atom is 0.257 e. The summed E-state index contributed by atoms with van der Waals surface area (Å²) in [4.78, 5) is 24.9. The van der Waals surface area contributed by atoms with Crippen molar-refractivity contribution in [2.75, 3.05) is 17.2 Å². The summed E-state index contributed by atoms with van der Waals surface area (Å²) in [6.07, 6.45) is 0.659. The van der Waals surface area contributed by atoms with Gasteiger partial charge in [-0.3, -0.25) is 9.59 Å². The molecule has 3 aromatic rings. The lowest BCUT2D eigenvalue weighted by Crippen LogP contribution is -2.34. The molecule has 0 spiro atoms. The molecule has 0 aromatic heterocycles. The van der Waals surface area contributed by atoms with Crippen molar-refractivity contribution in [2.45, 2.75) is 12.8 Å². The molecule has 0 saturated carbocycles. The SMILES string of the molecule is O=C(CCCOc1ccc(Cl)cc1Cl)NC(=S)Nc1ccccc1C(=O)Nc1ccccc1. The molecule has 170 valence electrons. The van der Waals surface area contributed by atoms with Crippen LogP contribution in [0.25, 0.3) is 0 Å². The van der Waals surface area contributed by atoms with E-state index in [1.54, 1.807) is 54.6 Å². The van der Waals surface area contributed by atoms with Crippen molar-refractivity contribution in [3.05, 3.63) is 88.4 Å². The van der Waals surface area contributed by atoms with Gasteiger partial charge < -0.3 is 20.7 Å². The van der Waals surface area contributed by atoms with Gasteiger partial charge >= 0.3 is 0 Å². The minimum Gasteiger partial charge on any atom is -0.492 e. The summed E-state index contributed by atoms with van der Waals surface area (Å²) >= 11 is 17.1. The number of anilines is 2. The van der Waals surface area contributed by atoms with Gasteiger partial charge in [-0.1, -0.05) is 53.5 Å². The number of para-hydroxylation sites is 2. The molecule has 0 saturated heterocycles. The Morgan fingerprint density at radius 1 is 0.909 bits per heavy atom. The number of nitrogens with one attached hydrogen (secondary N) is 3. The van der Waals surface area contributed by atoms with Gasteiger partial charge in [-0.2, -0.15) is 0 Å². The number of halogens is 2. The van der Waals surface area contributed by atoms with Gasteiger partial charge in [0.15, 0.2) is 5.11 Å². The highest BCUT2D eigenvalue weighted by Gasteiger charge is 2.13. The summed E-state index contributed by atoms with van der Waals surface area (Å²) < 4.78 is 5.57. The smallest absolute Gasteiger partial charge is 0.257 e. The molecule has 6 nitrogen and oxygen atoms in total. The molecular weight excluding hydrogens is 481 g/mol. The third kappa shape index (κ3) is 7.75. The van der Waals surface area contributed by atoms with Crippen LogP contribution in [0, 0.1) is 0 Å². The first-order chi connectivity index (χ1) is 15.9. The Kier molecular flexibility index (Phi) is 9.06. The molecule has 0 aliphatic heterocycles. The van der Waals surface area contributed by atoms with Crippen molar-refractivity contribution in [2.24, 2.45) is 0 Å². The highest BCUT2D eigenvalue weighted by Crippen LogP contribution is 2.27. The minimum absolute atomic E-state index is 0.0987. The Bertz CT molecular complexity index is 1140. The first-order valence-electron chi connectivity index (χ1n) is 10.1. The van der Waals surface area contributed by atoms with Gasteiger partial charge in [0, 0.05) is 17.1 Å². The molecule has 33 heavy (non-hydrogen) atoms. The van der Waals surface area contributed by atoms with Crippen LogP contribution >= 0.6 is 35.4 Å². The minimum atomic E-state index is -0.295. The standard InChI is InChI=1S/C24H21Cl2N3O3S/c25-16-12-13-21(19(26)15-16)32-14-6-11-22(30)29-24(33)28-20-10-5-4-9-18(20)23(31)27-17-7-2-1-3-8-17/h1-5,7-10,12-13,15H,6,11,14H2,(H,27,31)(H2,28,29,30,33). The molecule has 9 heteroatoms. The molecule has 3 N–H and O–H groups in total. The Morgan fingerprint density at radius 3 is 2.39 bits per heavy atom. The van der Waals surface area contributed by atoms with E-state index in [4.69, 9.17) is 40.2 Å². The fraction of sp³-hybridized carbons (Fsp3) is 0.125. The Morgan fingerprint density at radius 2 is 1.64 bits per heavy atom. The zero-order chi connectivity index (χ0) is 23.6. The summed E-state index contributed by atoms with van der Waals surface area (Å²) in [7, 11) is 0. The van der Waals surface area contributed by atoms with Crippen LogP contribution in [0.5, 0.6) is 5.75 Å². The molecule has 0 aliphatic carbocycles. The van der Waals surface area contributed by atoms with Crippen LogP contribution in [0.1, 0.15) is 23.2 Å². The Labute approximate surface area is 207 Å². The van der Waals surface area contributed by atoms with E-state index < -0.39 is 0 Å². The van der Waals surface area contributed by atoms with Crippen LogP contribution in [-0.2, 0) is 4.79 Å². The van der Waals surface area contributed by atoms with Crippen LogP contribution < -0.4 is 20.7 Å².